The van der Waals surface area contributed by atoms with Gasteiger partial charge in [0, 0.05) is 0 Å². The predicted octanol–water partition coefficient (Wildman–Crippen LogP) is 3.90. The molecular weight excluding hydrogens is 246 g/mol. The Morgan fingerprint density at radius 3 is 2.30 bits per heavy atom. The average Bonchev–Trinajstić information content (AvgIpc) is 2.54. The van der Waals surface area contributed by atoms with Crippen LogP contribution in [0.15, 0.2) is 66.7 Å². The van der Waals surface area contributed by atoms with E-state index in [9.17, 15) is 0 Å². The van der Waals surface area contributed by atoms with Gasteiger partial charge in [-0.1, -0.05) is 54.6 Å². The third-order valence-electron chi connectivity index (χ3n) is 3.63. The number of rotatable bonds is 3. The number of ether oxygens (including phenoxy) is 1. The van der Waals surface area contributed by atoms with Crippen LogP contribution < -0.4 is 10.5 Å². The Morgan fingerprint density at radius 2 is 1.55 bits per heavy atom. The van der Waals surface area contributed by atoms with Crippen LogP contribution in [-0.4, -0.2) is 7.11 Å². The van der Waals surface area contributed by atoms with Crippen LogP contribution in [0.5, 0.6) is 5.75 Å². The maximum absolute atomic E-state index is 6.43. The average molecular weight is 263 g/mol. The van der Waals surface area contributed by atoms with Gasteiger partial charge in [-0.05, 0) is 34.0 Å². The van der Waals surface area contributed by atoms with Crippen LogP contribution in [0.25, 0.3) is 10.8 Å². The lowest BCUT2D eigenvalue weighted by Gasteiger charge is -2.15. The van der Waals surface area contributed by atoms with Crippen molar-refractivity contribution in [1.82, 2.24) is 0 Å². The molecule has 0 spiro atoms. The summed E-state index contributed by atoms with van der Waals surface area (Å²) in [5.74, 6) is 0.846. The highest BCUT2D eigenvalue weighted by Crippen LogP contribution is 2.28. The quantitative estimate of drug-likeness (QED) is 0.778. The van der Waals surface area contributed by atoms with Crippen molar-refractivity contribution in [3.05, 3.63) is 77.9 Å². The molecule has 0 saturated carbocycles. The number of methoxy groups -OCH3 is 1. The van der Waals surface area contributed by atoms with E-state index in [1.165, 1.54) is 10.8 Å². The maximum Gasteiger partial charge on any atom is 0.118 e. The smallest absolute Gasteiger partial charge is 0.118 e. The normalized spacial score (nSPS) is 12.3. The molecule has 2 nitrogen and oxygen atoms in total. The molecule has 0 saturated heterocycles. The van der Waals surface area contributed by atoms with Gasteiger partial charge in [0.15, 0.2) is 0 Å². The Bertz CT molecular complexity index is 714. The van der Waals surface area contributed by atoms with E-state index in [-0.39, 0.29) is 6.04 Å². The fourth-order valence-corrected chi connectivity index (χ4v) is 2.51. The van der Waals surface area contributed by atoms with Crippen LogP contribution in [0.4, 0.5) is 0 Å². The van der Waals surface area contributed by atoms with E-state index in [1.807, 2.05) is 36.4 Å². The minimum absolute atomic E-state index is 0.132. The first-order valence-electron chi connectivity index (χ1n) is 6.67. The van der Waals surface area contributed by atoms with E-state index in [0.717, 1.165) is 16.9 Å². The van der Waals surface area contributed by atoms with Gasteiger partial charge in [0.25, 0.3) is 0 Å². The van der Waals surface area contributed by atoms with E-state index in [2.05, 4.69) is 30.3 Å². The minimum Gasteiger partial charge on any atom is -0.497 e. The molecule has 0 heterocycles. The van der Waals surface area contributed by atoms with Gasteiger partial charge < -0.3 is 10.5 Å². The molecule has 20 heavy (non-hydrogen) atoms. The van der Waals surface area contributed by atoms with Crippen molar-refractivity contribution in [2.75, 3.05) is 7.11 Å². The number of benzene rings is 3. The van der Waals surface area contributed by atoms with Crippen molar-refractivity contribution in [1.29, 1.82) is 0 Å². The Balaban J connectivity index is 2.05. The van der Waals surface area contributed by atoms with Crippen LogP contribution in [-0.2, 0) is 0 Å². The van der Waals surface area contributed by atoms with E-state index in [4.69, 9.17) is 10.5 Å². The summed E-state index contributed by atoms with van der Waals surface area (Å²) in [6.07, 6.45) is 0. The third-order valence-corrected chi connectivity index (χ3v) is 3.63. The van der Waals surface area contributed by atoms with Gasteiger partial charge in [-0.2, -0.15) is 0 Å². The van der Waals surface area contributed by atoms with E-state index >= 15 is 0 Å². The Kier molecular flexibility index (Phi) is 3.40. The second-order valence-electron chi connectivity index (χ2n) is 4.82. The van der Waals surface area contributed by atoms with Crippen molar-refractivity contribution in [2.24, 2.45) is 5.73 Å². The lowest BCUT2D eigenvalue weighted by molar-refractivity contribution is 0.414. The highest BCUT2D eigenvalue weighted by molar-refractivity contribution is 5.86. The molecule has 1 unspecified atom stereocenters. The first-order valence-corrected chi connectivity index (χ1v) is 6.67. The van der Waals surface area contributed by atoms with E-state index in [1.54, 1.807) is 7.11 Å². The van der Waals surface area contributed by atoms with Gasteiger partial charge in [-0.25, -0.2) is 0 Å². The fourth-order valence-electron chi connectivity index (χ4n) is 2.51. The highest BCUT2D eigenvalue weighted by Gasteiger charge is 2.11. The minimum atomic E-state index is -0.132. The number of hydrogen-bond donors (Lipinski definition) is 1. The molecule has 0 aromatic heterocycles. The van der Waals surface area contributed by atoms with E-state index < -0.39 is 0 Å². The maximum atomic E-state index is 6.43. The van der Waals surface area contributed by atoms with Crippen LogP contribution in [0.1, 0.15) is 17.2 Å². The Labute approximate surface area is 118 Å². The van der Waals surface area contributed by atoms with Crippen LogP contribution in [0.2, 0.25) is 0 Å². The summed E-state index contributed by atoms with van der Waals surface area (Å²) in [7, 11) is 1.67. The summed E-state index contributed by atoms with van der Waals surface area (Å²) >= 11 is 0. The lowest BCUT2D eigenvalue weighted by Crippen LogP contribution is -2.12. The largest absolute Gasteiger partial charge is 0.497 e. The molecule has 0 aliphatic heterocycles. The number of nitrogens with two attached hydrogens (primary N) is 1. The van der Waals surface area contributed by atoms with Crippen molar-refractivity contribution in [3.8, 4) is 5.75 Å². The van der Waals surface area contributed by atoms with Crippen molar-refractivity contribution < 1.29 is 4.74 Å². The second-order valence-corrected chi connectivity index (χ2v) is 4.82. The second kappa shape index (κ2) is 5.35. The Hall–Kier alpha value is -2.32. The SMILES string of the molecule is COc1ccc(C(N)c2cccc3ccccc23)cc1. The summed E-state index contributed by atoms with van der Waals surface area (Å²) in [6, 6.07) is 22.4. The molecule has 0 amide bonds. The van der Waals surface area contributed by atoms with Crippen LogP contribution in [0, 0.1) is 0 Å². The molecule has 100 valence electrons. The molecule has 0 bridgehead atoms. The zero-order chi connectivity index (χ0) is 13.9. The summed E-state index contributed by atoms with van der Waals surface area (Å²) in [6.45, 7) is 0. The first kappa shape index (κ1) is 12.7. The van der Waals surface area contributed by atoms with Gasteiger partial charge >= 0.3 is 0 Å². The van der Waals surface area contributed by atoms with Crippen molar-refractivity contribution in [2.45, 2.75) is 6.04 Å². The van der Waals surface area contributed by atoms with Crippen molar-refractivity contribution >= 4 is 10.8 Å². The fraction of sp³-hybridized carbons (Fsp3) is 0.111. The molecule has 0 aliphatic carbocycles. The molecule has 3 rings (SSSR count). The zero-order valence-electron chi connectivity index (χ0n) is 11.4. The zero-order valence-corrected chi connectivity index (χ0v) is 11.4. The summed E-state index contributed by atoms with van der Waals surface area (Å²) in [4.78, 5) is 0. The standard InChI is InChI=1S/C18H17NO/c1-20-15-11-9-14(10-12-15)18(19)17-8-4-6-13-5-2-3-7-16(13)17/h2-12,18H,19H2,1H3. The molecule has 0 fully saturated rings. The lowest BCUT2D eigenvalue weighted by atomic mass is 9.94. The topological polar surface area (TPSA) is 35.2 Å². The number of hydrogen-bond acceptors (Lipinski definition) is 2. The van der Waals surface area contributed by atoms with Gasteiger partial charge in [-0.15, -0.1) is 0 Å². The molecule has 0 radical (unpaired) electrons. The van der Waals surface area contributed by atoms with Crippen molar-refractivity contribution in [3.63, 3.8) is 0 Å². The molecule has 3 aromatic rings. The van der Waals surface area contributed by atoms with Gasteiger partial charge in [-0.3, -0.25) is 0 Å². The monoisotopic (exact) mass is 263 g/mol. The molecule has 0 aliphatic rings. The summed E-state index contributed by atoms with van der Waals surface area (Å²) in [5, 5.41) is 2.42. The molecular formula is C18H17NO. The first-order chi connectivity index (χ1) is 9.79. The molecule has 2 N–H and O–H groups in total. The van der Waals surface area contributed by atoms with Crippen LogP contribution in [0.3, 0.4) is 0 Å². The highest BCUT2D eigenvalue weighted by atomic mass is 16.5. The van der Waals surface area contributed by atoms with Gasteiger partial charge in [0.1, 0.15) is 5.75 Å². The molecule has 2 heteroatoms. The summed E-state index contributed by atoms with van der Waals surface area (Å²) < 4.78 is 5.18. The molecule has 3 aromatic carbocycles. The van der Waals surface area contributed by atoms with Gasteiger partial charge in [0.2, 0.25) is 0 Å². The van der Waals surface area contributed by atoms with Crippen LogP contribution >= 0.6 is 0 Å². The predicted molar refractivity (Wildman–Crippen MR) is 83.0 cm³/mol. The molecule has 1 atom stereocenters. The summed E-state index contributed by atoms with van der Waals surface area (Å²) in [5.41, 5.74) is 8.66. The van der Waals surface area contributed by atoms with Gasteiger partial charge in [0.05, 0.1) is 13.2 Å². The third kappa shape index (κ3) is 2.26. The van der Waals surface area contributed by atoms with E-state index in [0.29, 0.717) is 0 Å². The number of fused-ring (bicyclic) bond motifs is 1. The Morgan fingerprint density at radius 1 is 0.850 bits per heavy atom.